The highest BCUT2D eigenvalue weighted by Gasteiger charge is 2.17. The number of rotatable bonds is 20. The molecule has 262 valence electrons. The van der Waals surface area contributed by atoms with E-state index in [1.54, 1.807) is 24.8 Å². The van der Waals surface area contributed by atoms with Crippen LogP contribution in [0.25, 0.3) is 44.8 Å². The molecule has 8 heteroatoms. The first-order chi connectivity index (χ1) is 24.6. The zero-order chi connectivity index (χ0) is 35.0. The second-order valence-corrected chi connectivity index (χ2v) is 12.9. The van der Waals surface area contributed by atoms with Crippen molar-refractivity contribution in [2.45, 2.75) is 90.9 Å². The van der Waals surface area contributed by atoms with Gasteiger partial charge in [-0.3, -0.25) is 9.97 Å². The highest BCUT2D eigenvalue weighted by atomic mass is 16.5. The lowest BCUT2D eigenvalue weighted by atomic mass is 9.96. The lowest BCUT2D eigenvalue weighted by Crippen LogP contribution is -2.03. The fourth-order valence-electron chi connectivity index (χ4n) is 5.99. The third-order valence-corrected chi connectivity index (χ3v) is 8.92. The molecule has 0 unspecified atom stereocenters. The first-order valence-corrected chi connectivity index (χ1v) is 18.4. The summed E-state index contributed by atoms with van der Waals surface area (Å²) in [5, 5.41) is 0. The maximum Gasteiger partial charge on any atom is 0.141 e. The molecule has 0 aliphatic rings. The van der Waals surface area contributed by atoms with Crippen LogP contribution < -0.4 is 20.9 Å². The Morgan fingerprint density at radius 1 is 0.440 bits per heavy atom. The predicted molar refractivity (Wildman–Crippen MR) is 206 cm³/mol. The summed E-state index contributed by atoms with van der Waals surface area (Å²) in [6, 6.07) is 21.0. The van der Waals surface area contributed by atoms with Gasteiger partial charge in [0.2, 0.25) is 0 Å². The Morgan fingerprint density at radius 3 is 1.16 bits per heavy atom. The Hall–Kier alpha value is -4.98. The van der Waals surface area contributed by atoms with E-state index < -0.39 is 0 Å². The lowest BCUT2D eigenvalue weighted by molar-refractivity contribution is 0.298. The third kappa shape index (κ3) is 10.5. The maximum atomic E-state index is 6.61. The molecular formula is C42H52N6O2. The van der Waals surface area contributed by atoms with Crippen LogP contribution in [-0.2, 0) is 0 Å². The minimum Gasteiger partial charge on any atom is -0.493 e. The highest BCUT2D eigenvalue weighted by molar-refractivity contribution is 5.82. The minimum absolute atomic E-state index is 0.402. The van der Waals surface area contributed by atoms with Crippen LogP contribution in [0.15, 0.2) is 85.5 Å². The largest absolute Gasteiger partial charge is 0.493 e. The van der Waals surface area contributed by atoms with Gasteiger partial charge in [-0.2, -0.15) is 0 Å². The van der Waals surface area contributed by atoms with Crippen molar-refractivity contribution in [3.63, 3.8) is 0 Å². The van der Waals surface area contributed by atoms with Crippen molar-refractivity contribution in [1.29, 1.82) is 0 Å². The molecule has 5 aromatic rings. The van der Waals surface area contributed by atoms with E-state index in [0.717, 1.165) is 82.0 Å². The first kappa shape index (κ1) is 36.3. The molecule has 0 aliphatic heterocycles. The van der Waals surface area contributed by atoms with E-state index in [9.17, 15) is 0 Å². The number of nitrogen functional groups attached to an aromatic ring is 2. The van der Waals surface area contributed by atoms with Crippen LogP contribution in [0.1, 0.15) is 90.9 Å². The van der Waals surface area contributed by atoms with Gasteiger partial charge in [-0.15, -0.1) is 0 Å². The van der Waals surface area contributed by atoms with Crippen LogP contribution in [-0.4, -0.2) is 33.1 Å². The molecule has 0 aliphatic carbocycles. The van der Waals surface area contributed by atoms with Gasteiger partial charge in [0.1, 0.15) is 23.1 Å². The average Bonchev–Trinajstić information content (AvgIpc) is 3.15. The number of benzene rings is 3. The number of unbranched alkanes of at least 4 members (excludes halogenated alkanes) is 10. The lowest BCUT2D eigenvalue weighted by Gasteiger charge is -2.19. The van der Waals surface area contributed by atoms with E-state index in [1.165, 1.54) is 51.4 Å². The minimum atomic E-state index is 0.402. The van der Waals surface area contributed by atoms with E-state index in [1.807, 2.05) is 0 Å². The molecule has 2 aromatic heterocycles. The normalized spacial score (nSPS) is 11.1. The third-order valence-electron chi connectivity index (χ3n) is 8.92. The van der Waals surface area contributed by atoms with Gasteiger partial charge in [0, 0.05) is 22.3 Å². The van der Waals surface area contributed by atoms with E-state index in [-0.39, 0.29) is 0 Å². The van der Waals surface area contributed by atoms with Crippen LogP contribution in [0.2, 0.25) is 0 Å². The number of nitrogens with two attached hydrogens (primary N) is 2. The molecular weight excluding hydrogens is 621 g/mol. The summed E-state index contributed by atoms with van der Waals surface area (Å²) in [6.07, 6.45) is 21.0. The van der Waals surface area contributed by atoms with E-state index in [2.05, 4.69) is 94.4 Å². The second-order valence-electron chi connectivity index (χ2n) is 12.9. The smallest absolute Gasteiger partial charge is 0.141 e. The van der Waals surface area contributed by atoms with Crippen molar-refractivity contribution < 1.29 is 9.47 Å². The van der Waals surface area contributed by atoms with Crippen LogP contribution in [0.4, 0.5) is 11.6 Å². The number of aromatic nitrogens is 4. The van der Waals surface area contributed by atoms with Crippen molar-refractivity contribution in [3.8, 4) is 56.3 Å². The van der Waals surface area contributed by atoms with Gasteiger partial charge in [0.25, 0.3) is 0 Å². The van der Waals surface area contributed by atoms with Crippen LogP contribution >= 0.6 is 0 Å². The molecule has 0 radical (unpaired) electrons. The molecule has 0 bridgehead atoms. The summed E-state index contributed by atoms with van der Waals surface area (Å²) in [6.45, 7) is 5.81. The van der Waals surface area contributed by atoms with E-state index in [0.29, 0.717) is 24.8 Å². The summed E-state index contributed by atoms with van der Waals surface area (Å²) in [7, 11) is 0. The predicted octanol–water partition coefficient (Wildman–Crippen LogP) is 10.6. The molecule has 0 spiro atoms. The standard InChI is InChI=1S/C42H52N6O2/c1-3-5-7-9-11-13-23-49-39-25-36(32-17-21-34(22-18-32)38-28-48-42(44)30-46-38)40(50-24-14-12-10-8-6-4-2)26-35(39)31-15-19-33(20-16-31)37-27-47-41(43)29-45-37/h15-22,25-30H,3-14,23-24H2,1-2H3,(H2,43,47)(H2,44,48). The van der Waals surface area contributed by atoms with Crippen molar-refractivity contribution in [2.24, 2.45) is 0 Å². The first-order valence-electron chi connectivity index (χ1n) is 18.4. The monoisotopic (exact) mass is 672 g/mol. The van der Waals surface area contributed by atoms with Gasteiger partial charge in [-0.1, -0.05) is 127 Å². The quantitative estimate of drug-likeness (QED) is 0.0783. The molecule has 5 rings (SSSR count). The van der Waals surface area contributed by atoms with E-state index >= 15 is 0 Å². The summed E-state index contributed by atoms with van der Waals surface area (Å²) in [5.74, 6) is 2.49. The molecule has 2 heterocycles. The van der Waals surface area contributed by atoms with Crippen molar-refractivity contribution in [3.05, 3.63) is 85.5 Å². The zero-order valence-electron chi connectivity index (χ0n) is 29.7. The Bertz CT molecular complexity index is 1590. The van der Waals surface area contributed by atoms with Crippen molar-refractivity contribution in [2.75, 3.05) is 24.7 Å². The fourth-order valence-corrected chi connectivity index (χ4v) is 5.99. The second kappa shape index (κ2) is 19.3. The van der Waals surface area contributed by atoms with Crippen molar-refractivity contribution in [1.82, 2.24) is 19.9 Å². The maximum absolute atomic E-state index is 6.61. The molecule has 4 N–H and O–H groups in total. The number of hydrogen-bond donors (Lipinski definition) is 2. The molecule has 0 saturated carbocycles. The molecule has 3 aromatic carbocycles. The molecule has 8 nitrogen and oxygen atoms in total. The Morgan fingerprint density at radius 2 is 0.800 bits per heavy atom. The van der Waals surface area contributed by atoms with Crippen LogP contribution in [0.3, 0.4) is 0 Å². The Labute approximate surface area is 297 Å². The van der Waals surface area contributed by atoms with Gasteiger partial charge in [0.15, 0.2) is 0 Å². The zero-order valence-corrected chi connectivity index (χ0v) is 29.7. The van der Waals surface area contributed by atoms with Gasteiger partial charge < -0.3 is 20.9 Å². The number of anilines is 2. The molecule has 0 fully saturated rings. The summed E-state index contributed by atoms with van der Waals surface area (Å²) < 4.78 is 13.2. The van der Waals surface area contributed by atoms with E-state index in [4.69, 9.17) is 20.9 Å². The Kier molecular flexibility index (Phi) is 14.0. The van der Waals surface area contributed by atoms with Gasteiger partial charge in [0.05, 0.1) is 49.4 Å². The molecule has 0 amide bonds. The summed E-state index contributed by atoms with van der Waals surface area (Å²) in [4.78, 5) is 17.3. The van der Waals surface area contributed by atoms with Gasteiger partial charge in [-0.05, 0) is 36.1 Å². The summed E-state index contributed by atoms with van der Waals surface area (Å²) in [5.41, 5.74) is 19.1. The molecule has 0 atom stereocenters. The van der Waals surface area contributed by atoms with Gasteiger partial charge in [-0.25, -0.2) is 9.97 Å². The molecule has 50 heavy (non-hydrogen) atoms. The average molecular weight is 673 g/mol. The number of ether oxygens (including phenoxy) is 2. The van der Waals surface area contributed by atoms with Crippen LogP contribution in [0, 0.1) is 0 Å². The Balaban J connectivity index is 1.46. The topological polar surface area (TPSA) is 122 Å². The number of hydrogen-bond acceptors (Lipinski definition) is 8. The van der Waals surface area contributed by atoms with Crippen molar-refractivity contribution >= 4 is 11.6 Å². The fraction of sp³-hybridized carbons (Fsp3) is 0.381. The summed E-state index contributed by atoms with van der Waals surface area (Å²) >= 11 is 0. The molecule has 0 saturated heterocycles. The number of nitrogens with zero attached hydrogens (tertiary/aromatic N) is 4. The SMILES string of the molecule is CCCCCCCCOc1cc(-c2ccc(-c3cnc(N)cn3)cc2)c(OCCCCCCCC)cc1-c1ccc(-c2cnc(N)cn2)cc1. The highest BCUT2D eigenvalue weighted by Crippen LogP contribution is 2.42. The van der Waals surface area contributed by atoms with Crippen LogP contribution in [0.5, 0.6) is 11.5 Å². The van der Waals surface area contributed by atoms with Gasteiger partial charge >= 0.3 is 0 Å².